The van der Waals surface area contributed by atoms with E-state index in [0.29, 0.717) is 23.9 Å². The van der Waals surface area contributed by atoms with Crippen LogP contribution in [0.15, 0.2) is 64.3 Å². The van der Waals surface area contributed by atoms with Crippen molar-refractivity contribution in [3.05, 3.63) is 75.4 Å². The van der Waals surface area contributed by atoms with Crippen LogP contribution >= 0.6 is 15.9 Å². The molecule has 0 saturated carbocycles. The zero-order valence-electron chi connectivity index (χ0n) is 14.8. The van der Waals surface area contributed by atoms with E-state index in [-0.39, 0.29) is 5.56 Å². The zero-order chi connectivity index (χ0) is 18.8. The van der Waals surface area contributed by atoms with Crippen LogP contribution in [0.4, 0.5) is 5.95 Å². The van der Waals surface area contributed by atoms with Gasteiger partial charge in [0.25, 0.3) is 5.56 Å². The lowest BCUT2D eigenvalue weighted by atomic mass is 10.0. The molecule has 0 N–H and O–H groups in total. The maximum atomic E-state index is 12.5. The first-order valence-corrected chi connectivity index (χ1v) is 9.45. The largest absolute Gasteiger partial charge is 0.338 e. The van der Waals surface area contributed by atoms with Crippen LogP contribution in [-0.4, -0.2) is 32.6 Å². The average molecular weight is 424 g/mol. The highest BCUT2D eigenvalue weighted by molar-refractivity contribution is 9.10. The Labute approximate surface area is 165 Å². The van der Waals surface area contributed by atoms with Crippen molar-refractivity contribution in [3.8, 4) is 11.4 Å². The second-order valence-corrected chi connectivity index (χ2v) is 7.30. The summed E-state index contributed by atoms with van der Waals surface area (Å²) in [5.74, 6) is 0.652. The van der Waals surface area contributed by atoms with E-state index < -0.39 is 0 Å². The van der Waals surface area contributed by atoms with E-state index in [2.05, 4.69) is 49.0 Å². The van der Waals surface area contributed by atoms with Crippen molar-refractivity contribution in [2.45, 2.75) is 6.42 Å². The highest BCUT2D eigenvalue weighted by Crippen LogP contribution is 2.25. The maximum absolute atomic E-state index is 12.5. The minimum Gasteiger partial charge on any atom is -0.338 e. The summed E-state index contributed by atoms with van der Waals surface area (Å²) < 4.78 is 2.65. The molecule has 3 heterocycles. The van der Waals surface area contributed by atoms with Gasteiger partial charge < -0.3 is 4.90 Å². The monoisotopic (exact) mass is 423 g/mol. The van der Waals surface area contributed by atoms with Crippen LogP contribution in [0.2, 0.25) is 0 Å². The number of hydrogen-bond donors (Lipinski definition) is 0. The summed E-state index contributed by atoms with van der Waals surface area (Å²) >= 11 is 3.48. The van der Waals surface area contributed by atoms with Gasteiger partial charge in [-0.1, -0.05) is 34.1 Å². The first-order valence-electron chi connectivity index (χ1n) is 8.66. The van der Waals surface area contributed by atoms with E-state index in [1.54, 1.807) is 23.9 Å². The summed E-state index contributed by atoms with van der Waals surface area (Å²) in [6.07, 6.45) is 6.27. The molecule has 4 rings (SSSR count). The van der Waals surface area contributed by atoms with E-state index in [1.807, 2.05) is 12.1 Å². The van der Waals surface area contributed by atoms with Gasteiger partial charge in [-0.3, -0.25) is 9.36 Å². The molecule has 0 unspecified atom stereocenters. The SMILES string of the molecule is Cn1c(N2CCC=C(c3ccc(Br)cc3)C2)nc(-c2ccncn2)cc1=O. The van der Waals surface area contributed by atoms with Crippen molar-refractivity contribution in [1.29, 1.82) is 0 Å². The molecule has 1 aliphatic rings. The number of benzene rings is 1. The fourth-order valence-corrected chi connectivity index (χ4v) is 3.44. The van der Waals surface area contributed by atoms with Crippen LogP contribution in [-0.2, 0) is 7.05 Å². The normalized spacial score (nSPS) is 14.1. The Morgan fingerprint density at radius 1 is 1.11 bits per heavy atom. The number of aromatic nitrogens is 4. The molecule has 0 saturated heterocycles. The Morgan fingerprint density at radius 2 is 1.93 bits per heavy atom. The average Bonchev–Trinajstić information content (AvgIpc) is 2.71. The second-order valence-electron chi connectivity index (χ2n) is 6.38. The molecule has 1 aromatic carbocycles. The Hall–Kier alpha value is -2.80. The Kier molecular flexibility index (Phi) is 4.85. The third-order valence-corrected chi connectivity index (χ3v) is 5.13. The summed E-state index contributed by atoms with van der Waals surface area (Å²) in [6, 6.07) is 11.6. The van der Waals surface area contributed by atoms with Crippen LogP contribution in [0.3, 0.4) is 0 Å². The lowest BCUT2D eigenvalue weighted by Crippen LogP contribution is -2.35. The minimum absolute atomic E-state index is 0.103. The van der Waals surface area contributed by atoms with Crippen molar-refractivity contribution >= 4 is 27.5 Å². The van der Waals surface area contributed by atoms with Crippen molar-refractivity contribution in [2.24, 2.45) is 7.05 Å². The van der Waals surface area contributed by atoms with Gasteiger partial charge in [-0.2, -0.15) is 0 Å². The summed E-state index contributed by atoms with van der Waals surface area (Å²) in [7, 11) is 1.76. The molecule has 0 amide bonds. The smallest absolute Gasteiger partial charge is 0.255 e. The van der Waals surface area contributed by atoms with E-state index in [4.69, 9.17) is 4.98 Å². The summed E-state index contributed by atoms with van der Waals surface area (Å²) in [5.41, 5.74) is 3.52. The van der Waals surface area contributed by atoms with Crippen molar-refractivity contribution < 1.29 is 0 Å². The number of hydrogen-bond acceptors (Lipinski definition) is 5. The van der Waals surface area contributed by atoms with Crippen LogP contribution in [0.5, 0.6) is 0 Å². The number of anilines is 1. The zero-order valence-corrected chi connectivity index (χ0v) is 16.4. The predicted molar refractivity (Wildman–Crippen MR) is 109 cm³/mol. The fraction of sp³-hybridized carbons (Fsp3) is 0.200. The molecule has 27 heavy (non-hydrogen) atoms. The van der Waals surface area contributed by atoms with Crippen LogP contribution in [0, 0.1) is 0 Å². The third kappa shape index (κ3) is 3.68. The number of halogens is 1. The molecule has 3 aromatic rings. The van der Waals surface area contributed by atoms with Gasteiger partial charge in [0.05, 0.1) is 11.4 Å². The molecule has 1 aliphatic heterocycles. The van der Waals surface area contributed by atoms with Crippen LogP contribution in [0.25, 0.3) is 17.0 Å². The van der Waals surface area contributed by atoms with Crippen LogP contribution in [0.1, 0.15) is 12.0 Å². The van der Waals surface area contributed by atoms with Crippen molar-refractivity contribution in [1.82, 2.24) is 19.5 Å². The summed E-state index contributed by atoms with van der Waals surface area (Å²) in [4.78, 5) is 27.5. The van der Waals surface area contributed by atoms with Crippen LogP contribution < -0.4 is 10.5 Å². The summed E-state index contributed by atoms with van der Waals surface area (Å²) in [6.45, 7) is 1.52. The number of rotatable bonds is 3. The maximum Gasteiger partial charge on any atom is 0.255 e. The molecule has 0 spiro atoms. The van der Waals surface area contributed by atoms with Gasteiger partial charge in [0.15, 0.2) is 0 Å². The second kappa shape index (κ2) is 7.44. The summed E-state index contributed by atoms with van der Waals surface area (Å²) in [5, 5.41) is 0. The highest BCUT2D eigenvalue weighted by atomic mass is 79.9. The molecule has 0 fully saturated rings. The van der Waals surface area contributed by atoms with Gasteiger partial charge in [0, 0.05) is 36.9 Å². The molecule has 0 radical (unpaired) electrons. The third-order valence-electron chi connectivity index (χ3n) is 4.60. The van der Waals surface area contributed by atoms with E-state index >= 15 is 0 Å². The Morgan fingerprint density at radius 3 is 2.67 bits per heavy atom. The first-order chi connectivity index (χ1) is 13.1. The standard InChI is InChI=1S/C20H18BrN5O/c1-25-19(27)11-18(17-8-9-22-13-23-17)24-20(25)26-10-2-3-15(12-26)14-4-6-16(21)7-5-14/h3-9,11,13H,2,10,12H2,1H3. The molecule has 0 bridgehead atoms. The van der Waals surface area contributed by atoms with Gasteiger partial charge >= 0.3 is 0 Å². The van der Waals surface area contributed by atoms with Gasteiger partial charge in [0.2, 0.25) is 5.95 Å². The lowest BCUT2D eigenvalue weighted by molar-refractivity contribution is 0.726. The minimum atomic E-state index is -0.103. The molecular formula is C20H18BrN5O. The molecule has 0 aliphatic carbocycles. The molecule has 0 atom stereocenters. The van der Waals surface area contributed by atoms with Crippen molar-refractivity contribution in [3.63, 3.8) is 0 Å². The quantitative estimate of drug-likeness (QED) is 0.646. The number of nitrogens with zero attached hydrogens (tertiary/aromatic N) is 5. The topological polar surface area (TPSA) is 63.9 Å². The lowest BCUT2D eigenvalue weighted by Gasteiger charge is -2.30. The molecular weight excluding hydrogens is 406 g/mol. The van der Waals surface area contributed by atoms with E-state index in [0.717, 1.165) is 17.4 Å². The fourth-order valence-electron chi connectivity index (χ4n) is 3.17. The van der Waals surface area contributed by atoms with Gasteiger partial charge in [-0.05, 0) is 35.8 Å². The van der Waals surface area contributed by atoms with Gasteiger partial charge in [-0.25, -0.2) is 15.0 Å². The molecule has 2 aromatic heterocycles. The molecule has 136 valence electrons. The van der Waals surface area contributed by atoms with E-state index in [1.165, 1.54) is 23.5 Å². The van der Waals surface area contributed by atoms with Gasteiger partial charge in [-0.15, -0.1) is 0 Å². The Balaban J connectivity index is 1.69. The Bertz CT molecular complexity index is 1040. The highest BCUT2D eigenvalue weighted by Gasteiger charge is 2.19. The van der Waals surface area contributed by atoms with Gasteiger partial charge in [0.1, 0.15) is 6.33 Å². The molecule has 6 nitrogen and oxygen atoms in total. The van der Waals surface area contributed by atoms with Crippen molar-refractivity contribution in [2.75, 3.05) is 18.0 Å². The van der Waals surface area contributed by atoms with E-state index in [9.17, 15) is 4.79 Å². The first kappa shape index (κ1) is 17.6. The predicted octanol–water partition coefficient (Wildman–Crippen LogP) is 3.29. The molecule has 7 heteroatoms.